The number of alkyl halides is 3. The minimum absolute atomic E-state index is 0.0213. The Hall–Kier alpha value is -2.74. The van der Waals surface area contributed by atoms with E-state index >= 15 is 0 Å². The second-order valence-electron chi connectivity index (χ2n) is 9.78. The zero-order valence-corrected chi connectivity index (χ0v) is 20.6. The van der Waals surface area contributed by atoms with Crippen molar-refractivity contribution in [2.75, 3.05) is 18.6 Å². The second-order valence-corrected chi connectivity index (χ2v) is 10.2. The molecule has 1 N–H and O–H groups in total. The SMILES string of the molecule is COc1cccc2c1N(CC1CCC(NC(=O)c3cc(C(F)(F)F)ccc3Cl)CC1)C(=O)C2(C)C. The molecule has 0 spiro atoms. The van der Waals surface area contributed by atoms with Crippen LogP contribution in [0.1, 0.15) is 61.0 Å². The highest BCUT2D eigenvalue weighted by Crippen LogP contribution is 2.47. The summed E-state index contributed by atoms with van der Waals surface area (Å²) >= 11 is 6.00. The normalized spacial score (nSPS) is 21.6. The maximum Gasteiger partial charge on any atom is 0.416 e. The lowest BCUT2D eigenvalue weighted by atomic mass is 9.85. The fraction of sp³-hybridized carbons (Fsp3) is 0.462. The van der Waals surface area contributed by atoms with Gasteiger partial charge in [-0.3, -0.25) is 9.59 Å². The van der Waals surface area contributed by atoms with Gasteiger partial charge in [0.25, 0.3) is 5.91 Å². The lowest BCUT2D eigenvalue weighted by Crippen LogP contribution is -2.42. The summed E-state index contributed by atoms with van der Waals surface area (Å²) in [6, 6.07) is 8.27. The van der Waals surface area contributed by atoms with Crippen molar-refractivity contribution in [1.82, 2.24) is 5.32 Å². The summed E-state index contributed by atoms with van der Waals surface area (Å²) in [4.78, 5) is 27.7. The van der Waals surface area contributed by atoms with Gasteiger partial charge in [-0.15, -0.1) is 0 Å². The smallest absolute Gasteiger partial charge is 0.416 e. The quantitative estimate of drug-likeness (QED) is 0.540. The third kappa shape index (κ3) is 4.85. The molecule has 0 bridgehead atoms. The number of nitrogens with zero attached hydrogens (tertiary/aromatic N) is 1. The number of benzene rings is 2. The van der Waals surface area contributed by atoms with Gasteiger partial charge < -0.3 is 15.0 Å². The molecule has 5 nitrogen and oxygen atoms in total. The van der Waals surface area contributed by atoms with Crippen molar-refractivity contribution in [3.05, 3.63) is 58.1 Å². The molecule has 4 rings (SSSR count). The highest BCUT2D eigenvalue weighted by atomic mass is 35.5. The van der Waals surface area contributed by atoms with Crippen LogP contribution in [-0.4, -0.2) is 31.5 Å². The minimum atomic E-state index is -4.56. The lowest BCUT2D eigenvalue weighted by Gasteiger charge is -2.32. The van der Waals surface area contributed by atoms with E-state index in [1.807, 2.05) is 36.9 Å². The molecule has 2 aromatic rings. The Balaban J connectivity index is 1.40. The summed E-state index contributed by atoms with van der Waals surface area (Å²) in [5.41, 5.74) is 0.0291. The van der Waals surface area contributed by atoms with Gasteiger partial charge in [-0.25, -0.2) is 0 Å². The molecular weight excluding hydrogens is 481 g/mol. The molecule has 2 aliphatic rings. The van der Waals surface area contributed by atoms with Crippen LogP contribution in [-0.2, 0) is 16.4 Å². The van der Waals surface area contributed by atoms with E-state index in [1.165, 1.54) is 0 Å². The van der Waals surface area contributed by atoms with E-state index < -0.39 is 23.1 Å². The highest BCUT2D eigenvalue weighted by molar-refractivity contribution is 6.33. The van der Waals surface area contributed by atoms with Crippen LogP contribution >= 0.6 is 11.6 Å². The summed E-state index contributed by atoms with van der Waals surface area (Å²) in [7, 11) is 1.59. The predicted octanol–water partition coefficient (Wildman–Crippen LogP) is 5.98. The van der Waals surface area contributed by atoms with Crippen LogP contribution in [0, 0.1) is 5.92 Å². The zero-order valence-electron chi connectivity index (χ0n) is 19.8. The molecule has 1 aliphatic heterocycles. The number of halogens is 4. The van der Waals surface area contributed by atoms with Gasteiger partial charge >= 0.3 is 6.18 Å². The van der Waals surface area contributed by atoms with Crippen molar-refractivity contribution >= 4 is 29.1 Å². The van der Waals surface area contributed by atoms with E-state index in [4.69, 9.17) is 16.3 Å². The number of ether oxygens (including phenoxy) is 1. The summed E-state index contributed by atoms with van der Waals surface area (Å²) in [5, 5.41) is 2.81. The Kier molecular flexibility index (Phi) is 6.79. The third-order valence-electron chi connectivity index (χ3n) is 7.10. The molecule has 0 saturated heterocycles. The van der Waals surface area contributed by atoms with E-state index in [0.29, 0.717) is 25.1 Å². The fourth-order valence-corrected chi connectivity index (χ4v) is 5.29. The average molecular weight is 509 g/mol. The lowest BCUT2D eigenvalue weighted by molar-refractivity contribution is -0.137. The monoisotopic (exact) mass is 508 g/mol. The van der Waals surface area contributed by atoms with Gasteiger partial charge in [0.15, 0.2) is 0 Å². The first kappa shape index (κ1) is 25.4. The molecule has 0 unspecified atom stereocenters. The standard InChI is InChI=1S/C26H28ClF3N2O3/c1-25(2)19-5-4-6-21(35-3)22(19)32(24(25)34)14-15-7-10-17(11-8-15)31-23(33)18-13-16(26(28,29)30)9-12-20(18)27/h4-6,9,12-13,15,17H,7-8,10-11,14H2,1-3H3,(H,31,33). The Morgan fingerprint density at radius 1 is 1.17 bits per heavy atom. The second kappa shape index (κ2) is 9.37. The summed E-state index contributed by atoms with van der Waals surface area (Å²) in [6.07, 6.45) is -1.68. The Morgan fingerprint density at radius 2 is 1.86 bits per heavy atom. The van der Waals surface area contributed by atoms with Crippen molar-refractivity contribution in [3.8, 4) is 5.75 Å². The van der Waals surface area contributed by atoms with Crippen LogP contribution in [0.3, 0.4) is 0 Å². The number of methoxy groups -OCH3 is 1. The van der Waals surface area contributed by atoms with Crippen LogP contribution in [0.25, 0.3) is 0 Å². The van der Waals surface area contributed by atoms with E-state index in [9.17, 15) is 22.8 Å². The van der Waals surface area contributed by atoms with Gasteiger partial charge in [0.2, 0.25) is 5.91 Å². The van der Waals surface area contributed by atoms with Crippen LogP contribution < -0.4 is 15.0 Å². The van der Waals surface area contributed by atoms with Crippen molar-refractivity contribution < 1.29 is 27.5 Å². The number of carbonyl (C=O) groups is 2. The number of hydrogen-bond donors (Lipinski definition) is 1. The average Bonchev–Trinajstić information content (AvgIpc) is 3.00. The number of anilines is 1. The number of hydrogen-bond acceptors (Lipinski definition) is 3. The van der Waals surface area contributed by atoms with Crippen molar-refractivity contribution in [2.45, 2.75) is 57.2 Å². The molecule has 0 radical (unpaired) electrons. The molecule has 1 fully saturated rings. The van der Waals surface area contributed by atoms with Gasteiger partial charge in [0.05, 0.1) is 34.4 Å². The molecule has 1 saturated carbocycles. The number of amides is 2. The minimum Gasteiger partial charge on any atom is -0.495 e. The summed E-state index contributed by atoms with van der Waals surface area (Å²) in [5.74, 6) is 0.322. The van der Waals surface area contributed by atoms with Gasteiger partial charge in [-0.05, 0) is 75.3 Å². The predicted molar refractivity (Wildman–Crippen MR) is 128 cm³/mol. The van der Waals surface area contributed by atoms with E-state index in [1.54, 1.807) is 7.11 Å². The molecule has 188 valence electrons. The van der Waals surface area contributed by atoms with Crippen molar-refractivity contribution in [2.24, 2.45) is 5.92 Å². The number of fused-ring (bicyclic) bond motifs is 1. The van der Waals surface area contributed by atoms with Gasteiger partial charge in [-0.2, -0.15) is 13.2 Å². The van der Waals surface area contributed by atoms with Crippen LogP contribution in [0.4, 0.5) is 18.9 Å². The number of para-hydroxylation sites is 1. The van der Waals surface area contributed by atoms with E-state index in [2.05, 4.69) is 5.32 Å². The molecular formula is C26H28ClF3N2O3. The first-order chi connectivity index (χ1) is 16.4. The maximum atomic E-state index is 13.2. The zero-order chi connectivity index (χ0) is 25.5. The summed E-state index contributed by atoms with van der Waals surface area (Å²) < 4.78 is 44.6. The first-order valence-corrected chi connectivity index (χ1v) is 12.0. The van der Waals surface area contributed by atoms with Gasteiger partial charge in [0.1, 0.15) is 5.75 Å². The Morgan fingerprint density at radius 3 is 2.49 bits per heavy atom. The molecule has 35 heavy (non-hydrogen) atoms. The fourth-order valence-electron chi connectivity index (χ4n) is 5.08. The third-order valence-corrected chi connectivity index (χ3v) is 7.43. The van der Waals surface area contributed by atoms with Gasteiger partial charge in [0, 0.05) is 12.6 Å². The number of nitrogens with one attached hydrogen (secondary N) is 1. The molecule has 0 aromatic heterocycles. The van der Waals surface area contributed by atoms with Crippen LogP contribution in [0.5, 0.6) is 5.75 Å². The maximum absolute atomic E-state index is 13.2. The van der Waals surface area contributed by atoms with Crippen LogP contribution in [0.2, 0.25) is 5.02 Å². The first-order valence-electron chi connectivity index (χ1n) is 11.6. The van der Waals surface area contributed by atoms with E-state index in [-0.39, 0.29) is 28.5 Å². The molecule has 0 atom stereocenters. The number of carbonyl (C=O) groups excluding carboxylic acids is 2. The largest absolute Gasteiger partial charge is 0.495 e. The highest BCUT2D eigenvalue weighted by Gasteiger charge is 2.46. The molecule has 2 amide bonds. The van der Waals surface area contributed by atoms with Gasteiger partial charge in [-0.1, -0.05) is 23.7 Å². The van der Waals surface area contributed by atoms with Crippen molar-refractivity contribution in [3.63, 3.8) is 0 Å². The topological polar surface area (TPSA) is 58.6 Å². The Bertz CT molecular complexity index is 1140. The molecule has 9 heteroatoms. The van der Waals surface area contributed by atoms with Crippen molar-refractivity contribution in [1.29, 1.82) is 0 Å². The Labute approximate surface area is 207 Å². The van der Waals surface area contributed by atoms with Crippen LogP contribution in [0.15, 0.2) is 36.4 Å². The molecule has 2 aromatic carbocycles. The molecule has 1 aliphatic carbocycles. The molecule has 1 heterocycles. The summed E-state index contributed by atoms with van der Waals surface area (Å²) in [6.45, 7) is 4.38. The van der Waals surface area contributed by atoms with E-state index in [0.717, 1.165) is 42.3 Å². The number of rotatable bonds is 5.